The molecule has 1 atom stereocenters. The third-order valence-electron chi connectivity index (χ3n) is 2.68. The zero-order chi connectivity index (χ0) is 15.3. The Balaban J connectivity index is 2.78. The molecular formula is C15H23FN2O2. The number of likely N-dealkylation sites (N-methyl/N-ethyl adjacent to an activating group) is 1. The van der Waals surface area contributed by atoms with Crippen LogP contribution in [0.4, 0.5) is 4.39 Å². The van der Waals surface area contributed by atoms with Gasteiger partial charge >= 0.3 is 0 Å². The smallest absolute Gasteiger partial charge is 0.260 e. The third kappa shape index (κ3) is 5.57. The van der Waals surface area contributed by atoms with Crippen molar-refractivity contribution in [1.29, 1.82) is 0 Å². The van der Waals surface area contributed by atoms with Gasteiger partial charge < -0.3 is 15.4 Å². The van der Waals surface area contributed by atoms with Crippen molar-refractivity contribution in [2.75, 3.05) is 7.05 Å². The average molecular weight is 282 g/mol. The zero-order valence-electron chi connectivity index (χ0n) is 12.7. The van der Waals surface area contributed by atoms with Crippen LogP contribution in [0, 0.1) is 5.82 Å². The van der Waals surface area contributed by atoms with E-state index in [-0.39, 0.29) is 17.3 Å². The zero-order valence-corrected chi connectivity index (χ0v) is 12.7. The Hall–Kier alpha value is -1.62. The number of nitrogens with one attached hydrogen (secondary N) is 2. The summed E-state index contributed by atoms with van der Waals surface area (Å²) in [5, 5.41) is 5.77. The number of carbonyl (C=O) groups is 1. The number of benzene rings is 1. The molecule has 0 aliphatic heterocycles. The molecule has 112 valence electrons. The van der Waals surface area contributed by atoms with Gasteiger partial charge in [-0.3, -0.25) is 4.79 Å². The highest BCUT2D eigenvalue weighted by molar-refractivity contribution is 5.80. The number of hydrogen-bond acceptors (Lipinski definition) is 3. The van der Waals surface area contributed by atoms with Crippen LogP contribution in [0.15, 0.2) is 18.2 Å². The van der Waals surface area contributed by atoms with Crippen molar-refractivity contribution in [2.45, 2.75) is 45.9 Å². The van der Waals surface area contributed by atoms with E-state index >= 15 is 0 Å². The minimum absolute atomic E-state index is 0.0529. The molecule has 0 radical (unpaired) electrons. The van der Waals surface area contributed by atoms with E-state index in [0.717, 1.165) is 5.56 Å². The molecule has 0 bridgehead atoms. The third-order valence-corrected chi connectivity index (χ3v) is 2.68. The summed E-state index contributed by atoms with van der Waals surface area (Å²) in [4.78, 5) is 11.4. The summed E-state index contributed by atoms with van der Waals surface area (Å²) >= 11 is 0. The van der Waals surface area contributed by atoms with Crippen LogP contribution < -0.4 is 15.4 Å². The molecule has 1 amide bonds. The van der Waals surface area contributed by atoms with Gasteiger partial charge in [-0.05, 0) is 45.4 Å². The summed E-state index contributed by atoms with van der Waals surface area (Å²) in [5.74, 6) is -0.271. The van der Waals surface area contributed by atoms with Crippen LogP contribution in [0.25, 0.3) is 0 Å². The molecule has 5 heteroatoms. The molecule has 0 aliphatic carbocycles. The monoisotopic (exact) mass is 282 g/mol. The van der Waals surface area contributed by atoms with Crippen LogP contribution in [0.5, 0.6) is 5.75 Å². The molecular weight excluding hydrogens is 259 g/mol. The van der Waals surface area contributed by atoms with Gasteiger partial charge in [0.05, 0.1) is 0 Å². The van der Waals surface area contributed by atoms with Gasteiger partial charge in [0.1, 0.15) is 11.6 Å². The van der Waals surface area contributed by atoms with E-state index < -0.39 is 6.10 Å². The van der Waals surface area contributed by atoms with E-state index in [2.05, 4.69) is 10.6 Å². The molecule has 0 aromatic heterocycles. The van der Waals surface area contributed by atoms with E-state index in [1.165, 1.54) is 19.2 Å². The van der Waals surface area contributed by atoms with Gasteiger partial charge in [0.25, 0.3) is 5.91 Å². The Morgan fingerprint density at radius 1 is 1.35 bits per heavy atom. The number of amides is 1. The maximum Gasteiger partial charge on any atom is 0.260 e. The van der Waals surface area contributed by atoms with Crippen molar-refractivity contribution in [2.24, 2.45) is 0 Å². The summed E-state index contributed by atoms with van der Waals surface area (Å²) < 4.78 is 19.0. The van der Waals surface area contributed by atoms with Crippen LogP contribution in [-0.2, 0) is 11.3 Å². The van der Waals surface area contributed by atoms with Crippen molar-refractivity contribution in [3.05, 3.63) is 29.6 Å². The molecule has 0 saturated heterocycles. The first-order valence-electron chi connectivity index (χ1n) is 6.64. The second kappa shape index (κ2) is 6.70. The van der Waals surface area contributed by atoms with Crippen molar-refractivity contribution >= 4 is 5.91 Å². The maximum atomic E-state index is 13.6. The molecule has 20 heavy (non-hydrogen) atoms. The largest absolute Gasteiger partial charge is 0.481 e. The highest BCUT2D eigenvalue weighted by Crippen LogP contribution is 2.18. The molecule has 0 saturated carbocycles. The Morgan fingerprint density at radius 2 is 2.00 bits per heavy atom. The Kier molecular flexibility index (Phi) is 5.51. The predicted molar refractivity (Wildman–Crippen MR) is 77.1 cm³/mol. The molecule has 1 unspecified atom stereocenters. The van der Waals surface area contributed by atoms with E-state index in [4.69, 9.17) is 4.74 Å². The van der Waals surface area contributed by atoms with Crippen LogP contribution >= 0.6 is 0 Å². The molecule has 1 rings (SSSR count). The van der Waals surface area contributed by atoms with Crippen molar-refractivity contribution in [3.8, 4) is 5.75 Å². The number of halogens is 1. The van der Waals surface area contributed by atoms with Gasteiger partial charge in [0.2, 0.25) is 0 Å². The first-order valence-corrected chi connectivity index (χ1v) is 6.64. The molecule has 4 nitrogen and oxygen atoms in total. The average Bonchev–Trinajstić information content (AvgIpc) is 2.33. The predicted octanol–water partition coefficient (Wildman–Crippen LogP) is 2.23. The standard InChI is InChI=1S/C15H23FN2O2/c1-10(14(19)17-5)20-13-7-11(6-12(16)8-13)9-18-15(2,3)4/h6-8,10,18H,9H2,1-5H3,(H,17,19). The minimum Gasteiger partial charge on any atom is -0.481 e. The van der Waals surface area contributed by atoms with E-state index in [9.17, 15) is 9.18 Å². The van der Waals surface area contributed by atoms with E-state index in [0.29, 0.717) is 12.3 Å². The first-order chi connectivity index (χ1) is 9.21. The van der Waals surface area contributed by atoms with Crippen molar-refractivity contribution < 1.29 is 13.9 Å². The minimum atomic E-state index is -0.662. The summed E-state index contributed by atoms with van der Waals surface area (Å²) in [6.07, 6.45) is -0.662. The molecule has 0 fully saturated rings. The van der Waals surface area contributed by atoms with Gasteiger partial charge in [0, 0.05) is 25.2 Å². The van der Waals surface area contributed by atoms with Crippen LogP contribution in [-0.4, -0.2) is 24.6 Å². The lowest BCUT2D eigenvalue weighted by Gasteiger charge is -2.21. The van der Waals surface area contributed by atoms with Gasteiger partial charge in [-0.25, -0.2) is 4.39 Å². The Morgan fingerprint density at radius 3 is 2.55 bits per heavy atom. The molecule has 0 heterocycles. The van der Waals surface area contributed by atoms with Gasteiger partial charge in [0.15, 0.2) is 6.10 Å². The maximum absolute atomic E-state index is 13.6. The SMILES string of the molecule is CNC(=O)C(C)Oc1cc(F)cc(CNC(C)(C)C)c1. The molecule has 0 aliphatic rings. The fourth-order valence-electron chi connectivity index (χ4n) is 1.62. The van der Waals surface area contributed by atoms with Crippen molar-refractivity contribution in [1.82, 2.24) is 10.6 Å². The summed E-state index contributed by atoms with van der Waals surface area (Å²) in [6, 6.07) is 4.47. The molecule has 0 spiro atoms. The van der Waals surface area contributed by atoms with E-state index in [1.807, 2.05) is 20.8 Å². The van der Waals surface area contributed by atoms with Crippen LogP contribution in [0.2, 0.25) is 0 Å². The fraction of sp³-hybridized carbons (Fsp3) is 0.533. The number of ether oxygens (including phenoxy) is 1. The number of rotatable bonds is 5. The lowest BCUT2D eigenvalue weighted by atomic mass is 10.1. The van der Waals surface area contributed by atoms with Crippen LogP contribution in [0.3, 0.4) is 0 Å². The Labute approximate surface area is 119 Å². The van der Waals surface area contributed by atoms with Gasteiger partial charge in [-0.2, -0.15) is 0 Å². The first kappa shape index (κ1) is 16.4. The Bertz CT molecular complexity index is 469. The quantitative estimate of drug-likeness (QED) is 0.870. The normalized spacial score (nSPS) is 12.9. The lowest BCUT2D eigenvalue weighted by Crippen LogP contribution is -2.35. The number of carbonyl (C=O) groups excluding carboxylic acids is 1. The summed E-state index contributed by atoms with van der Waals surface area (Å²) in [7, 11) is 1.53. The van der Waals surface area contributed by atoms with Gasteiger partial charge in [-0.15, -0.1) is 0 Å². The second-order valence-corrected chi connectivity index (χ2v) is 5.77. The highest BCUT2D eigenvalue weighted by Gasteiger charge is 2.14. The van der Waals surface area contributed by atoms with Gasteiger partial charge in [-0.1, -0.05) is 0 Å². The molecule has 1 aromatic carbocycles. The van der Waals surface area contributed by atoms with E-state index in [1.54, 1.807) is 13.0 Å². The summed E-state index contributed by atoms with van der Waals surface area (Å²) in [5.41, 5.74) is 0.724. The topological polar surface area (TPSA) is 50.4 Å². The van der Waals surface area contributed by atoms with Crippen LogP contribution in [0.1, 0.15) is 33.3 Å². The lowest BCUT2D eigenvalue weighted by molar-refractivity contribution is -0.126. The highest BCUT2D eigenvalue weighted by atomic mass is 19.1. The molecule has 1 aromatic rings. The number of hydrogen-bond donors (Lipinski definition) is 2. The second-order valence-electron chi connectivity index (χ2n) is 5.77. The summed E-state index contributed by atoms with van der Waals surface area (Å²) in [6.45, 7) is 8.27. The molecule has 2 N–H and O–H groups in total. The fourth-order valence-corrected chi connectivity index (χ4v) is 1.62. The van der Waals surface area contributed by atoms with Crippen molar-refractivity contribution in [3.63, 3.8) is 0 Å².